The third kappa shape index (κ3) is 6.16. The molecule has 0 unspecified atom stereocenters. The SMILES string of the molecule is CC(=O)Nc1ccc(NC(=O)c2cc(C)nc(NCCC(C)C)n2)cc1. The van der Waals surface area contributed by atoms with Crippen molar-refractivity contribution in [2.75, 3.05) is 22.5 Å². The summed E-state index contributed by atoms with van der Waals surface area (Å²) in [6.07, 6.45) is 0.999. The zero-order valence-electron chi connectivity index (χ0n) is 15.6. The number of aryl methyl sites for hydroxylation is 1. The highest BCUT2D eigenvalue weighted by atomic mass is 16.2. The first-order valence-corrected chi connectivity index (χ1v) is 8.62. The molecule has 0 bridgehead atoms. The van der Waals surface area contributed by atoms with Crippen molar-refractivity contribution in [1.29, 1.82) is 0 Å². The van der Waals surface area contributed by atoms with Crippen LogP contribution in [0.25, 0.3) is 0 Å². The van der Waals surface area contributed by atoms with E-state index >= 15 is 0 Å². The average Bonchev–Trinajstić information content (AvgIpc) is 2.55. The largest absolute Gasteiger partial charge is 0.354 e. The van der Waals surface area contributed by atoms with Gasteiger partial charge in [-0.3, -0.25) is 9.59 Å². The van der Waals surface area contributed by atoms with Crippen molar-refractivity contribution >= 4 is 29.1 Å². The molecule has 2 rings (SSSR count). The molecule has 26 heavy (non-hydrogen) atoms. The van der Waals surface area contributed by atoms with E-state index < -0.39 is 0 Å². The number of nitrogens with one attached hydrogen (secondary N) is 3. The van der Waals surface area contributed by atoms with Crippen molar-refractivity contribution in [2.45, 2.75) is 34.1 Å². The molecular weight excluding hydrogens is 330 g/mol. The Morgan fingerprint density at radius 3 is 2.23 bits per heavy atom. The van der Waals surface area contributed by atoms with Crippen LogP contribution in [0.3, 0.4) is 0 Å². The molecule has 0 aliphatic carbocycles. The molecule has 7 heteroatoms. The van der Waals surface area contributed by atoms with Crippen molar-refractivity contribution in [1.82, 2.24) is 9.97 Å². The molecule has 0 fully saturated rings. The molecule has 1 aromatic carbocycles. The van der Waals surface area contributed by atoms with Crippen molar-refractivity contribution in [3.05, 3.63) is 41.7 Å². The van der Waals surface area contributed by atoms with E-state index in [0.717, 1.165) is 18.7 Å². The Bertz CT molecular complexity index is 772. The van der Waals surface area contributed by atoms with Gasteiger partial charge in [0.05, 0.1) is 0 Å². The van der Waals surface area contributed by atoms with E-state index in [2.05, 4.69) is 39.8 Å². The van der Waals surface area contributed by atoms with Gasteiger partial charge < -0.3 is 16.0 Å². The van der Waals surface area contributed by atoms with Gasteiger partial charge in [-0.2, -0.15) is 0 Å². The lowest BCUT2D eigenvalue weighted by Crippen LogP contribution is -2.17. The fourth-order valence-electron chi connectivity index (χ4n) is 2.27. The lowest BCUT2D eigenvalue weighted by molar-refractivity contribution is -0.114. The summed E-state index contributed by atoms with van der Waals surface area (Å²) in [5.41, 5.74) is 2.31. The van der Waals surface area contributed by atoms with Crippen LogP contribution in [0.15, 0.2) is 30.3 Å². The summed E-state index contributed by atoms with van der Waals surface area (Å²) < 4.78 is 0. The first kappa shape index (κ1) is 19.4. The van der Waals surface area contributed by atoms with E-state index in [1.807, 2.05) is 6.92 Å². The molecule has 0 radical (unpaired) electrons. The van der Waals surface area contributed by atoms with Crippen LogP contribution in [-0.4, -0.2) is 28.3 Å². The average molecular weight is 355 g/mol. The van der Waals surface area contributed by atoms with Crippen LogP contribution in [0.2, 0.25) is 0 Å². The zero-order valence-corrected chi connectivity index (χ0v) is 15.6. The number of aromatic nitrogens is 2. The Morgan fingerprint density at radius 1 is 1.04 bits per heavy atom. The van der Waals surface area contributed by atoms with E-state index in [1.54, 1.807) is 30.3 Å². The summed E-state index contributed by atoms with van der Waals surface area (Å²) in [7, 11) is 0. The van der Waals surface area contributed by atoms with Gasteiger partial charge >= 0.3 is 0 Å². The van der Waals surface area contributed by atoms with Crippen LogP contribution in [0, 0.1) is 12.8 Å². The van der Waals surface area contributed by atoms with Gasteiger partial charge in [-0.25, -0.2) is 9.97 Å². The van der Waals surface area contributed by atoms with Gasteiger partial charge in [-0.15, -0.1) is 0 Å². The van der Waals surface area contributed by atoms with Gasteiger partial charge in [0.15, 0.2) is 0 Å². The number of carbonyl (C=O) groups excluding carboxylic acids is 2. The summed E-state index contributed by atoms with van der Waals surface area (Å²) in [5, 5.41) is 8.64. The maximum absolute atomic E-state index is 12.5. The first-order valence-electron chi connectivity index (χ1n) is 8.62. The molecule has 0 saturated heterocycles. The predicted octanol–water partition coefficient (Wildman–Crippen LogP) is 3.45. The number of benzene rings is 1. The molecule has 2 aromatic rings. The molecule has 0 atom stereocenters. The summed E-state index contributed by atoms with van der Waals surface area (Å²) >= 11 is 0. The number of hydrogen-bond acceptors (Lipinski definition) is 5. The van der Waals surface area contributed by atoms with Crippen LogP contribution in [0.1, 0.15) is 43.4 Å². The van der Waals surface area contributed by atoms with Crippen LogP contribution in [-0.2, 0) is 4.79 Å². The second-order valence-corrected chi connectivity index (χ2v) is 6.54. The zero-order chi connectivity index (χ0) is 19.1. The lowest BCUT2D eigenvalue weighted by atomic mass is 10.1. The van der Waals surface area contributed by atoms with Gasteiger partial charge in [-0.05, 0) is 49.6 Å². The van der Waals surface area contributed by atoms with Crippen molar-refractivity contribution in [3.8, 4) is 0 Å². The van der Waals surface area contributed by atoms with Crippen LogP contribution < -0.4 is 16.0 Å². The van der Waals surface area contributed by atoms with E-state index in [4.69, 9.17) is 0 Å². The molecule has 1 aromatic heterocycles. The van der Waals surface area contributed by atoms with Gasteiger partial charge in [0.25, 0.3) is 5.91 Å². The minimum atomic E-state index is -0.310. The minimum absolute atomic E-state index is 0.143. The quantitative estimate of drug-likeness (QED) is 0.707. The molecule has 1 heterocycles. The number of carbonyl (C=O) groups is 2. The maximum Gasteiger partial charge on any atom is 0.274 e. The van der Waals surface area contributed by atoms with Crippen LogP contribution >= 0.6 is 0 Å². The van der Waals surface area contributed by atoms with E-state index in [-0.39, 0.29) is 11.8 Å². The van der Waals surface area contributed by atoms with Gasteiger partial charge in [0.2, 0.25) is 11.9 Å². The Hall–Kier alpha value is -2.96. The first-order chi connectivity index (χ1) is 12.3. The minimum Gasteiger partial charge on any atom is -0.354 e. The van der Waals surface area contributed by atoms with E-state index in [0.29, 0.717) is 28.9 Å². The number of amides is 2. The fraction of sp³-hybridized carbons (Fsp3) is 0.368. The Labute approximate surface area is 153 Å². The van der Waals surface area contributed by atoms with Crippen LogP contribution in [0.5, 0.6) is 0 Å². The Kier molecular flexibility index (Phi) is 6.66. The Morgan fingerprint density at radius 2 is 1.65 bits per heavy atom. The van der Waals surface area contributed by atoms with Gasteiger partial charge in [0, 0.05) is 30.5 Å². The highest BCUT2D eigenvalue weighted by molar-refractivity contribution is 6.03. The maximum atomic E-state index is 12.5. The number of anilines is 3. The summed E-state index contributed by atoms with van der Waals surface area (Å²) in [6, 6.07) is 8.54. The molecule has 138 valence electrons. The fourth-order valence-corrected chi connectivity index (χ4v) is 2.27. The van der Waals surface area contributed by atoms with Crippen molar-refractivity contribution in [2.24, 2.45) is 5.92 Å². The standard InChI is InChI=1S/C19H25N5O2/c1-12(2)9-10-20-19-21-13(3)11-17(24-19)18(26)23-16-7-5-15(6-8-16)22-14(4)25/h5-8,11-12H,9-10H2,1-4H3,(H,22,25)(H,23,26)(H,20,21,24). The third-order valence-electron chi connectivity index (χ3n) is 3.55. The normalized spacial score (nSPS) is 10.5. The number of nitrogens with zero attached hydrogens (tertiary/aromatic N) is 2. The number of rotatable bonds is 7. The second kappa shape index (κ2) is 8.94. The van der Waals surface area contributed by atoms with Crippen molar-refractivity contribution < 1.29 is 9.59 Å². The van der Waals surface area contributed by atoms with Gasteiger partial charge in [-0.1, -0.05) is 13.8 Å². The topological polar surface area (TPSA) is 96.0 Å². The summed E-state index contributed by atoms with van der Waals surface area (Å²) in [4.78, 5) is 32.1. The molecule has 0 spiro atoms. The monoisotopic (exact) mass is 355 g/mol. The Balaban J connectivity index is 2.04. The number of hydrogen-bond donors (Lipinski definition) is 3. The molecule has 0 aliphatic rings. The molecular formula is C19H25N5O2. The molecule has 0 saturated carbocycles. The summed E-state index contributed by atoms with van der Waals surface area (Å²) in [5.74, 6) is 0.581. The highest BCUT2D eigenvalue weighted by Gasteiger charge is 2.11. The molecule has 0 aliphatic heterocycles. The van der Waals surface area contributed by atoms with E-state index in [1.165, 1.54) is 6.92 Å². The smallest absolute Gasteiger partial charge is 0.274 e. The lowest BCUT2D eigenvalue weighted by Gasteiger charge is -2.10. The van der Waals surface area contributed by atoms with Gasteiger partial charge in [0.1, 0.15) is 5.69 Å². The third-order valence-corrected chi connectivity index (χ3v) is 3.55. The predicted molar refractivity (Wildman–Crippen MR) is 103 cm³/mol. The highest BCUT2D eigenvalue weighted by Crippen LogP contribution is 2.15. The molecule has 7 nitrogen and oxygen atoms in total. The van der Waals surface area contributed by atoms with Crippen LogP contribution in [0.4, 0.5) is 17.3 Å². The second-order valence-electron chi connectivity index (χ2n) is 6.54. The molecule has 2 amide bonds. The summed E-state index contributed by atoms with van der Waals surface area (Å²) in [6.45, 7) is 8.32. The van der Waals surface area contributed by atoms with E-state index in [9.17, 15) is 9.59 Å². The van der Waals surface area contributed by atoms with Crippen molar-refractivity contribution in [3.63, 3.8) is 0 Å². The molecule has 3 N–H and O–H groups in total.